The molecule has 0 saturated carbocycles. The van der Waals surface area contributed by atoms with Crippen LogP contribution in [0, 0.1) is 0 Å². The molecule has 0 aromatic carbocycles. The van der Waals surface area contributed by atoms with Crippen molar-refractivity contribution in [2.75, 3.05) is 47.5 Å². The molecule has 95 heavy (non-hydrogen) atoms. The third kappa shape index (κ3) is 75.9. The van der Waals surface area contributed by atoms with E-state index in [-0.39, 0.29) is 38.6 Å². The standard InChI is InChI=1S/C86H141NO8/c1-6-8-10-12-14-16-18-20-22-24-26-28-30-32-34-36-38-40-41-42-43-45-47-49-51-53-55-57-59-61-63-65-67-69-71-73-75-77-84(89)95-82(81-94-86(85(90)91)92-79-78-87(3,4)5)80-93-83(88)76-74-72-70-68-66-64-62-60-58-56-54-52-50-48-46-44-39-37-35-33-31-29-27-25-23-21-19-17-15-13-11-9-7-2/h8-11,14-17,20-23,26-29,32-35,38-40,42-44,47,49,82,86H,6-7,12-13,18-19,24-25,30-31,36-37,41,45-46,48,50-81H2,1-5H3/b10-8-,11-9-,16-14-,17-15-,22-20-,23-21-,28-26-,29-27-,34-32-,35-33-,40-38-,43-42-,44-39-,49-47-. The molecule has 0 aliphatic heterocycles. The summed E-state index contributed by atoms with van der Waals surface area (Å²) in [5.74, 6) is -2.29. The molecule has 9 nitrogen and oxygen atoms in total. The Labute approximate surface area is 584 Å². The van der Waals surface area contributed by atoms with Gasteiger partial charge in [-0.25, -0.2) is 0 Å². The molecule has 0 amide bonds. The number of esters is 2. The number of carbonyl (C=O) groups is 3. The maximum atomic E-state index is 13.0. The highest BCUT2D eigenvalue weighted by molar-refractivity contribution is 5.70. The fraction of sp³-hybridized carbons (Fsp3) is 0.640. The number of hydrogen-bond acceptors (Lipinski definition) is 8. The average molecular weight is 1320 g/mol. The molecule has 0 aromatic heterocycles. The summed E-state index contributed by atoms with van der Waals surface area (Å²) in [7, 11) is 5.93. The normalized spacial score (nSPS) is 13.7. The highest BCUT2D eigenvalue weighted by Gasteiger charge is 2.22. The molecule has 2 unspecified atom stereocenters. The Hall–Kier alpha value is -5.35. The Morgan fingerprint density at radius 1 is 0.316 bits per heavy atom. The van der Waals surface area contributed by atoms with E-state index in [1.807, 2.05) is 21.1 Å². The summed E-state index contributed by atoms with van der Waals surface area (Å²) in [5.41, 5.74) is 0. The molecule has 0 saturated heterocycles. The number of allylic oxidation sites excluding steroid dienone is 28. The van der Waals surface area contributed by atoms with Gasteiger partial charge in [-0.15, -0.1) is 0 Å². The van der Waals surface area contributed by atoms with E-state index in [0.717, 1.165) is 135 Å². The van der Waals surface area contributed by atoms with Crippen molar-refractivity contribution in [2.24, 2.45) is 0 Å². The van der Waals surface area contributed by atoms with Gasteiger partial charge in [0.15, 0.2) is 12.4 Å². The summed E-state index contributed by atoms with van der Waals surface area (Å²) in [6.45, 7) is 4.52. The molecule has 2 atom stereocenters. The van der Waals surface area contributed by atoms with E-state index in [4.69, 9.17) is 18.9 Å². The zero-order chi connectivity index (χ0) is 69.0. The van der Waals surface area contributed by atoms with E-state index in [9.17, 15) is 19.5 Å². The fourth-order valence-corrected chi connectivity index (χ4v) is 10.2. The van der Waals surface area contributed by atoms with Crippen molar-refractivity contribution < 1.29 is 42.9 Å². The zero-order valence-corrected chi connectivity index (χ0v) is 61.5. The highest BCUT2D eigenvalue weighted by Crippen LogP contribution is 2.17. The van der Waals surface area contributed by atoms with E-state index < -0.39 is 24.3 Å². The summed E-state index contributed by atoms with van der Waals surface area (Å²) in [4.78, 5) is 37.6. The topological polar surface area (TPSA) is 111 Å². The first kappa shape index (κ1) is 89.6. The minimum atomic E-state index is -1.63. The SMILES string of the molecule is CC/C=C\C/C=C\C/C=C\C/C=C\C/C=C\C/C=C\C/C=C\C/C=C\CCCCCCCCCCCCCCC(=O)OC(COC(=O)CCCCCCCCCCCCCCCC/C=C\C/C=C\C/C=C\C/C=C\C/C=C\C/C=C\CC)COC(OCC[N+](C)(C)C)C(=O)[O-]. The van der Waals surface area contributed by atoms with Gasteiger partial charge >= 0.3 is 11.9 Å². The van der Waals surface area contributed by atoms with Gasteiger partial charge in [-0.2, -0.15) is 0 Å². The predicted molar refractivity (Wildman–Crippen MR) is 407 cm³/mol. The minimum absolute atomic E-state index is 0.140. The third-order valence-corrected chi connectivity index (χ3v) is 16.0. The van der Waals surface area contributed by atoms with Crippen molar-refractivity contribution in [3.63, 3.8) is 0 Å². The van der Waals surface area contributed by atoms with E-state index in [2.05, 4.69) is 184 Å². The lowest BCUT2D eigenvalue weighted by molar-refractivity contribution is -0.870. The number of ether oxygens (including phenoxy) is 4. The summed E-state index contributed by atoms with van der Waals surface area (Å²) in [6, 6.07) is 0. The van der Waals surface area contributed by atoms with Gasteiger partial charge in [0.1, 0.15) is 13.2 Å². The molecule has 0 spiro atoms. The molecule has 0 aliphatic carbocycles. The van der Waals surface area contributed by atoms with Gasteiger partial charge in [-0.1, -0.05) is 325 Å². The number of carboxylic acids is 1. The smallest absolute Gasteiger partial charge is 0.306 e. The highest BCUT2D eigenvalue weighted by atomic mass is 16.7. The van der Waals surface area contributed by atoms with Crippen LogP contribution >= 0.6 is 0 Å². The third-order valence-electron chi connectivity index (χ3n) is 16.0. The number of aliphatic carboxylic acids is 1. The summed E-state index contributed by atoms with van der Waals surface area (Å²) in [6.07, 6.45) is 109. The van der Waals surface area contributed by atoms with Gasteiger partial charge in [0.25, 0.3) is 0 Å². The molecule has 0 bridgehead atoms. The van der Waals surface area contributed by atoms with Gasteiger partial charge < -0.3 is 33.3 Å². The van der Waals surface area contributed by atoms with Crippen LogP contribution in [0.2, 0.25) is 0 Å². The van der Waals surface area contributed by atoms with Crippen molar-refractivity contribution in [1.29, 1.82) is 0 Å². The van der Waals surface area contributed by atoms with Gasteiger partial charge in [0.05, 0.1) is 40.3 Å². The van der Waals surface area contributed by atoms with E-state index in [1.165, 1.54) is 128 Å². The molecule has 0 rings (SSSR count). The van der Waals surface area contributed by atoms with Crippen LogP contribution in [-0.2, 0) is 33.3 Å². The zero-order valence-electron chi connectivity index (χ0n) is 61.5. The molecule has 9 heteroatoms. The molecule has 0 N–H and O–H groups in total. The van der Waals surface area contributed by atoms with Crippen LogP contribution in [0.3, 0.4) is 0 Å². The quantitative estimate of drug-likeness (QED) is 0.0195. The number of nitrogens with zero attached hydrogens (tertiary/aromatic N) is 1. The number of unbranched alkanes of at least 4 members (excludes halogenated alkanes) is 26. The van der Waals surface area contributed by atoms with Crippen LogP contribution in [0.25, 0.3) is 0 Å². The maximum Gasteiger partial charge on any atom is 0.306 e. The van der Waals surface area contributed by atoms with Gasteiger partial charge in [-0.05, 0) is 128 Å². The predicted octanol–water partition coefficient (Wildman–Crippen LogP) is 23.2. The van der Waals surface area contributed by atoms with Crippen LogP contribution in [0.4, 0.5) is 0 Å². The number of carboxylic acid groups (broad SMARTS) is 1. The Kier molecular flexibility index (Phi) is 70.2. The lowest BCUT2D eigenvalue weighted by Gasteiger charge is -2.26. The second kappa shape index (κ2) is 74.4. The van der Waals surface area contributed by atoms with E-state index in [1.54, 1.807) is 0 Å². The molecule has 0 heterocycles. The second-order valence-corrected chi connectivity index (χ2v) is 26.2. The fourth-order valence-electron chi connectivity index (χ4n) is 10.2. The van der Waals surface area contributed by atoms with Gasteiger partial charge in [-0.3, -0.25) is 9.59 Å². The summed E-state index contributed by atoms with van der Waals surface area (Å²) < 4.78 is 22.8. The van der Waals surface area contributed by atoms with E-state index in [0.29, 0.717) is 17.4 Å². The van der Waals surface area contributed by atoms with Crippen molar-refractivity contribution in [2.45, 2.75) is 309 Å². The summed E-state index contributed by atoms with van der Waals surface area (Å²) >= 11 is 0. The maximum absolute atomic E-state index is 13.0. The Balaban J connectivity index is 4.12. The number of likely N-dealkylation sites (N-methyl/N-ethyl adjacent to an activating group) is 1. The molecule has 0 aromatic rings. The number of carbonyl (C=O) groups excluding carboxylic acids is 3. The molecular formula is C86H141NO8. The van der Waals surface area contributed by atoms with Crippen LogP contribution in [0.1, 0.15) is 296 Å². The summed E-state index contributed by atoms with van der Waals surface area (Å²) in [5, 5.41) is 11.9. The van der Waals surface area contributed by atoms with Crippen molar-refractivity contribution >= 4 is 17.9 Å². The Morgan fingerprint density at radius 3 is 0.842 bits per heavy atom. The van der Waals surface area contributed by atoms with Crippen LogP contribution < -0.4 is 5.11 Å². The first-order chi connectivity index (χ1) is 46.6. The first-order valence-electron chi connectivity index (χ1n) is 38.3. The lowest BCUT2D eigenvalue weighted by atomic mass is 10.0. The molecule has 0 aliphatic rings. The van der Waals surface area contributed by atoms with E-state index >= 15 is 0 Å². The first-order valence-corrected chi connectivity index (χ1v) is 38.3. The van der Waals surface area contributed by atoms with Crippen LogP contribution in [0.15, 0.2) is 170 Å². The lowest BCUT2D eigenvalue weighted by Crippen LogP contribution is -2.44. The second-order valence-electron chi connectivity index (χ2n) is 26.2. The van der Waals surface area contributed by atoms with Crippen molar-refractivity contribution in [1.82, 2.24) is 0 Å². The van der Waals surface area contributed by atoms with Gasteiger partial charge in [0, 0.05) is 12.8 Å². The van der Waals surface area contributed by atoms with Gasteiger partial charge in [0.2, 0.25) is 0 Å². The molecule has 0 fully saturated rings. The monoisotopic (exact) mass is 1320 g/mol. The van der Waals surface area contributed by atoms with Crippen molar-refractivity contribution in [3.8, 4) is 0 Å². The number of quaternary nitrogens is 1. The number of rotatable bonds is 69. The minimum Gasteiger partial charge on any atom is -0.545 e. The Bertz CT molecular complexity index is 2170. The molecule has 0 radical (unpaired) electrons. The van der Waals surface area contributed by atoms with Crippen molar-refractivity contribution in [3.05, 3.63) is 170 Å². The average Bonchev–Trinajstić information content (AvgIpc) is 3.75. The molecule has 538 valence electrons. The molecular weight excluding hydrogens is 1170 g/mol. The van der Waals surface area contributed by atoms with Crippen LogP contribution in [0.5, 0.6) is 0 Å². The number of hydrogen-bond donors (Lipinski definition) is 0. The van der Waals surface area contributed by atoms with Crippen LogP contribution in [-0.4, -0.2) is 82.3 Å². The Morgan fingerprint density at radius 2 is 0.568 bits per heavy atom. The largest absolute Gasteiger partial charge is 0.545 e.